The molecule has 0 atom stereocenters. The summed E-state index contributed by atoms with van der Waals surface area (Å²) in [6, 6.07) is 49.0. The topological polar surface area (TPSA) is 126 Å². The Labute approximate surface area is 324 Å². The number of hydrogen-bond acceptors (Lipinski definition) is 6. The molecule has 0 saturated carbocycles. The first kappa shape index (κ1) is 35.6. The van der Waals surface area contributed by atoms with Crippen LogP contribution < -0.4 is 0 Å². The van der Waals surface area contributed by atoms with Crippen LogP contribution in [-0.4, -0.2) is 37.1 Å². The van der Waals surface area contributed by atoms with Gasteiger partial charge in [-0.15, -0.1) is 0 Å². The highest BCUT2D eigenvalue weighted by molar-refractivity contribution is 6.16. The van der Waals surface area contributed by atoms with Gasteiger partial charge in [0.05, 0.1) is 16.7 Å². The van der Waals surface area contributed by atoms with Crippen molar-refractivity contribution in [2.24, 2.45) is 9.98 Å². The molecule has 0 heterocycles. The summed E-state index contributed by atoms with van der Waals surface area (Å²) >= 11 is 0. The van der Waals surface area contributed by atoms with Gasteiger partial charge in [0, 0.05) is 11.3 Å². The number of aliphatic hydroxyl groups excluding tert-OH is 5. The first-order chi connectivity index (χ1) is 27.2. The number of nitrogens with zero attached hydrogens (tertiary/aromatic N) is 2. The van der Waals surface area contributed by atoms with E-state index in [1.165, 1.54) is 34.7 Å². The van der Waals surface area contributed by atoms with Gasteiger partial charge in [-0.05, 0) is 75.0 Å². The molecule has 7 nitrogen and oxygen atoms in total. The van der Waals surface area contributed by atoms with Gasteiger partial charge in [-0.1, -0.05) is 152 Å². The predicted octanol–water partition coefficient (Wildman–Crippen LogP) is 11.5. The number of aliphatic hydroxyl groups is 5. The maximum Gasteiger partial charge on any atom is 0.204 e. The lowest BCUT2D eigenvalue weighted by molar-refractivity contribution is 0.277. The average molecular weight is 735 g/mol. The summed E-state index contributed by atoms with van der Waals surface area (Å²) in [7, 11) is 0. The standard InChI is InChI=1S/C49H38N2O5/c1-29(32-14-5-4-6-15-32)50-48(51-30(2)33-24-26-34(27-25-33)44(31(3)53)47(56)46(55)43(54)28-52)38-19-13-23-42-45(38)37-18-9-12-22-41(37)49(42)39-20-10-7-16-35(39)36-17-8-11-21-40(36)49/h4-28,52-56H,2H2,1,3H3/b43-28-,44-31+,47-46-,50-29?,51-48?. The number of aliphatic imine (C=N–C) groups is 2. The summed E-state index contributed by atoms with van der Waals surface area (Å²) in [5, 5.41) is 50.2. The van der Waals surface area contributed by atoms with Crippen LogP contribution in [0.5, 0.6) is 0 Å². The number of fused-ring (bicyclic) bond motifs is 10. The van der Waals surface area contributed by atoms with Gasteiger partial charge in [0.25, 0.3) is 0 Å². The summed E-state index contributed by atoms with van der Waals surface area (Å²) in [6.07, 6.45) is 0.243. The third-order valence-electron chi connectivity index (χ3n) is 10.7. The molecule has 6 aromatic rings. The van der Waals surface area contributed by atoms with E-state index in [2.05, 4.69) is 97.6 Å². The minimum Gasteiger partial charge on any atom is -0.512 e. The molecule has 274 valence electrons. The Hall–Kier alpha value is -7.38. The van der Waals surface area contributed by atoms with Gasteiger partial charge in [-0.25, -0.2) is 9.98 Å². The zero-order chi connectivity index (χ0) is 39.1. The van der Waals surface area contributed by atoms with Crippen molar-refractivity contribution in [3.05, 3.63) is 226 Å². The molecule has 6 aromatic carbocycles. The summed E-state index contributed by atoms with van der Waals surface area (Å²) in [4.78, 5) is 10.4. The van der Waals surface area contributed by atoms with E-state index in [0.29, 0.717) is 22.7 Å². The molecule has 2 aliphatic rings. The maximum atomic E-state index is 10.7. The molecule has 5 N–H and O–H groups in total. The maximum absolute atomic E-state index is 10.7. The van der Waals surface area contributed by atoms with Crippen molar-refractivity contribution >= 4 is 22.8 Å². The number of amidine groups is 1. The minimum atomic E-state index is -0.992. The van der Waals surface area contributed by atoms with Crippen LogP contribution in [0.1, 0.15) is 58.4 Å². The van der Waals surface area contributed by atoms with Crippen molar-refractivity contribution in [1.29, 1.82) is 0 Å². The van der Waals surface area contributed by atoms with Gasteiger partial charge in [0.2, 0.25) is 5.76 Å². The highest BCUT2D eigenvalue weighted by Gasteiger charge is 2.52. The molecule has 0 unspecified atom stereocenters. The van der Waals surface area contributed by atoms with Gasteiger partial charge in [-0.2, -0.15) is 0 Å². The highest BCUT2D eigenvalue weighted by Crippen LogP contribution is 2.63. The number of allylic oxidation sites excluding steroid dienone is 2. The monoisotopic (exact) mass is 734 g/mol. The zero-order valence-corrected chi connectivity index (χ0v) is 30.8. The van der Waals surface area contributed by atoms with E-state index in [9.17, 15) is 20.4 Å². The van der Waals surface area contributed by atoms with Crippen LogP contribution in [0.4, 0.5) is 0 Å². The Bertz CT molecular complexity index is 2670. The normalized spacial score (nSPS) is 15.0. The fourth-order valence-corrected chi connectivity index (χ4v) is 8.22. The molecule has 56 heavy (non-hydrogen) atoms. The van der Waals surface area contributed by atoms with Crippen molar-refractivity contribution in [1.82, 2.24) is 0 Å². The van der Waals surface area contributed by atoms with Crippen LogP contribution in [0.15, 0.2) is 191 Å². The van der Waals surface area contributed by atoms with Crippen molar-refractivity contribution in [2.45, 2.75) is 19.3 Å². The van der Waals surface area contributed by atoms with Crippen molar-refractivity contribution in [3.8, 4) is 22.3 Å². The number of benzene rings is 6. The Morgan fingerprint density at radius 2 is 1.05 bits per heavy atom. The third kappa shape index (κ3) is 5.60. The lowest BCUT2D eigenvalue weighted by atomic mass is 9.70. The summed E-state index contributed by atoms with van der Waals surface area (Å²) in [5.74, 6) is -2.60. The second kappa shape index (κ2) is 14.1. The summed E-state index contributed by atoms with van der Waals surface area (Å²) in [5.41, 5.74) is 12.7. The first-order valence-electron chi connectivity index (χ1n) is 18.1. The molecule has 8 rings (SSSR count). The third-order valence-corrected chi connectivity index (χ3v) is 10.7. The molecule has 0 fully saturated rings. The van der Waals surface area contributed by atoms with Crippen molar-refractivity contribution in [3.63, 3.8) is 0 Å². The molecule has 1 spiro atoms. The van der Waals surface area contributed by atoms with E-state index >= 15 is 0 Å². The second-order valence-electron chi connectivity index (χ2n) is 13.8. The number of hydrogen-bond donors (Lipinski definition) is 5. The Balaban J connectivity index is 1.31. The highest BCUT2D eigenvalue weighted by atomic mass is 16.3. The molecule has 7 heteroatoms. The van der Waals surface area contributed by atoms with Crippen molar-refractivity contribution in [2.75, 3.05) is 0 Å². The Morgan fingerprint density at radius 1 is 0.536 bits per heavy atom. The number of rotatable bonds is 7. The molecule has 0 saturated heterocycles. The molecule has 0 amide bonds. The van der Waals surface area contributed by atoms with Gasteiger partial charge in [-0.3, -0.25) is 0 Å². The quantitative estimate of drug-likeness (QED) is 0.0482. The average Bonchev–Trinajstić information content (AvgIpc) is 3.71. The van der Waals surface area contributed by atoms with Crippen LogP contribution in [0.2, 0.25) is 0 Å². The van der Waals surface area contributed by atoms with Gasteiger partial charge < -0.3 is 25.5 Å². The van der Waals surface area contributed by atoms with Gasteiger partial charge >= 0.3 is 0 Å². The molecular weight excluding hydrogens is 697 g/mol. The lowest BCUT2D eigenvalue weighted by Crippen LogP contribution is -2.25. The first-order valence-corrected chi connectivity index (χ1v) is 18.1. The van der Waals surface area contributed by atoms with Crippen molar-refractivity contribution < 1.29 is 25.5 Å². The van der Waals surface area contributed by atoms with Gasteiger partial charge in [0.1, 0.15) is 12.0 Å². The van der Waals surface area contributed by atoms with Crippen LogP contribution in [-0.2, 0) is 5.41 Å². The Kier molecular flexibility index (Phi) is 8.99. The van der Waals surface area contributed by atoms with E-state index in [0.717, 1.165) is 33.5 Å². The zero-order valence-electron chi connectivity index (χ0n) is 30.8. The lowest BCUT2D eigenvalue weighted by Gasteiger charge is -2.30. The van der Waals surface area contributed by atoms with Crippen LogP contribution >= 0.6 is 0 Å². The SMILES string of the molecule is C=C(N=C(N=C(C)c1ccccc1)c1cccc2c1-c1ccccc1C21c2ccccc2-c2ccccc21)c1ccc(C(/C(O)=C(O)\C(O)=C\O)=C(/C)O)cc1. The van der Waals surface area contributed by atoms with E-state index in [4.69, 9.17) is 15.1 Å². The fraction of sp³-hybridized carbons (Fsp3) is 0.0612. The fourth-order valence-electron chi connectivity index (χ4n) is 8.22. The summed E-state index contributed by atoms with van der Waals surface area (Å²) < 4.78 is 0. The smallest absolute Gasteiger partial charge is 0.204 e. The molecule has 0 radical (unpaired) electrons. The van der Waals surface area contributed by atoms with E-state index in [1.807, 2.05) is 37.3 Å². The molecule has 0 aliphatic heterocycles. The summed E-state index contributed by atoms with van der Waals surface area (Å²) in [6.45, 7) is 7.66. The van der Waals surface area contributed by atoms with E-state index < -0.39 is 22.7 Å². The Morgan fingerprint density at radius 3 is 1.64 bits per heavy atom. The van der Waals surface area contributed by atoms with Crippen LogP contribution in [0.3, 0.4) is 0 Å². The molecule has 0 bridgehead atoms. The van der Waals surface area contributed by atoms with Gasteiger partial charge in [0.15, 0.2) is 17.4 Å². The molecular formula is C49H38N2O5. The van der Waals surface area contributed by atoms with E-state index in [1.54, 1.807) is 24.3 Å². The molecule has 2 aliphatic carbocycles. The van der Waals surface area contributed by atoms with Crippen LogP contribution in [0.25, 0.3) is 33.5 Å². The largest absolute Gasteiger partial charge is 0.512 e. The van der Waals surface area contributed by atoms with Crippen LogP contribution in [0, 0.1) is 0 Å². The predicted molar refractivity (Wildman–Crippen MR) is 224 cm³/mol. The second-order valence-corrected chi connectivity index (χ2v) is 13.8. The molecule has 0 aromatic heterocycles. The minimum absolute atomic E-state index is 0.136. The van der Waals surface area contributed by atoms with E-state index in [-0.39, 0.29) is 17.6 Å².